The zero-order valence-electron chi connectivity index (χ0n) is 6.56. The molecule has 0 bridgehead atoms. The average Bonchev–Trinajstić information content (AvgIpc) is 2.56. The molecule has 0 aromatic heterocycles. The van der Waals surface area contributed by atoms with Gasteiger partial charge in [-0.15, -0.1) is 23.5 Å². The number of aromatic hydroxyl groups is 1. The summed E-state index contributed by atoms with van der Waals surface area (Å²) in [5, 5.41) is 9.25. The van der Waals surface area contributed by atoms with Crippen LogP contribution < -0.4 is 0 Å². The van der Waals surface area contributed by atoms with E-state index in [1.165, 1.54) is 17.1 Å². The number of thioether (sulfide) groups is 2. The van der Waals surface area contributed by atoms with Crippen molar-refractivity contribution in [2.45, 2.75) is 4.58 Å². The lowest BCUT2D eigenvalue weighted by atomic mass is 10.2. The number of hydrogen-bond acceptors (Lipinski definition) is 3. The molecule has 0 aliphatic carbocycles. The van der Waals surface area contributed by atoms with Crippen molar-refractivity contribution in [3.8, 4) is 5.75 Å². The van der Waals surface area contributed by atoms with Crippen molar-refractivity contribution in [2.75, 3.05) is 11.5 Å². The first-order valence-electron chi connectivity index (χ1n) is 3.88. The van der Waals surface area contributed by atoms with Gasteiger partial charge in [-0.05, 0) is 17.7 Å². The van der Waals surface area contributed by atoms with E-state index in [0.29, 0.717) is 10.3 Å². The van der Waals surface area contributed by atoms with E-state index in [4.69, 9.17) is 0 Å². The topological polar surface area (TPSA) is 20.2 Å². The van der Waals surface area contributed by atoms with E-state index in [1.54, 1.807) is 6.07 Å². The van der Waals surface area contributed by atoms with Crippen molar-refractivity contribution in [3.63, 3.8) is 0 Å². The van der Waals surface area contributed by atoms with Crippen LogP contribution in [0, 0.1) is 0 Å². The van der Waals surface area contributed by atoms with Gasteiger partial charge in [-0.3, -0.25) is 0 Å². The number of benzene rings is 1. The lowest BCUT2D eigenvalue weighted by Crippen LogP contribution is -1.82. The molecule has 0 radical (unpaired) electrons. The minimum absolute atomic E-state index is 0.376. The second kappa shape index (κ2) is 3.62. The van der Waals surface area contributed by atoms with Gasteiger partial charge in [-0.1, -0.05) is 12.1 Å². The first-order chi connectivity index (χ1) is 5.86. The smallest absolute Gasteiger partial charge is 0.115 e. The molecule has 1 heterocycles. The molecule has 2 rings (SSSR count). The fourth-order valence-corrected chi connectivity index (χ4v) is 4.06. The maximum atomic E-state index is 9.25. The number of hydrogen-bond donors (Lipinski definition) is 1. The Bertz CT molecular complexity index is 269. The van der Waals surface area contributed by atoms with E-state index >= 15 is 0 Å². The zero-order chi connectivity index (χ0) is 8.39. The number of phenols is 1. The van der Waals surface area contributed by atoms with E-state index in [9.17, 15) is 5.11 Å². The Morgan fingerprint density at radius 1 is 1.25 bits per heavy atom. The molecule has 1 aliphatic heterocycles. The third kappa shape index (κ3) is 1.72. The summed E-state index contributed by atoms with van der Waals surface area (Å²) < 4.78 is 0.539. The highest BCUT2D eigenvalue weighted by Gasteiger charge is 2.17. The summed E-state index contributed by atoms with van der Waals surface area (Å²) in [6.45, 7) is 0. The molecule has 0 saturated carbocycles. The molecule has 1 nitrogen and oxygen atoms in total. The van der Waals surface area contributed by atoms with Gasteiger partial charge in [0.15, 0.2) is 0 Å². The minimum atomic E-state index is 0.376. The number of rotatable bonds is 1. The first kappa shape index (κ1) is 8.32. The predicted octanol–water partition coefficient (Wildman–Crippen LogP) is 2.87. The van der Waals surface area contributed by atoms with Gasteiger partial charge in [0.2, 0.25) is 0 Å². The lowest BCUT2D eigenvalue weighted by Gasteiger charge is -2.07. The highest BCUT2D eigenvalue weighted by Crippen LogP contribution is 2.45. The second-order valence-electron chi connectivity index (χ2n) is 2.67. The minimum Gasteiger partial charge on any atom is -0.508 e. The van der Waals surface area contributed by atoms with Gasteiger partial charge >= 0.3 is 0 Å². The molecular formula is C9H10OS2. The first-order valence-corrected chi connectivity index (χ1v) is 5.98. The molecule has 3 heteroatoms. The molecule has 0 amide bonds. The quantitative estimate of drug-likeness (QED) is 0.749. The molecule has 0 spiro atoms. The van der Waals surface area contributed by atoms with Crippen molar-refractivity contribution in [1.29, 1.82) is 0 Å². The monoisotopic (exact) mass is 198 g/mol. The van der Waals surface area contributed by atoms with Gasteiger partial charge in [-0.25, -0.2) is 0 Å². The molecule has 1 aromatic rings. The van der Waals surface area contributed by atoms with Gasteiger partial charge in [0.05, 0.1) is 4.58 Å². The third-order valence-corrected chi connectivity index (χ3v) is 4.87. The van der Waals surface area contributed by atoms with Crippen LogP contribution in [-0.4, -0.2) is 16.6 Å². The highest BCUT2D eigenvalue weighted by molar-refractivity contribution is 8.19. The number of phenolic OH excluding ortho intramolecular Hbond substituents is 1. The fraction of sp³-hybridized carbons (Fsp3) is 0.333. The van der Waals surface area contributed by atoms with E-state index in [2.05, 4.69) is 6.07 Å². The SMILES string of the molecule is Oc1cccc(C2SCCS2)c1. The van der Waals surface area contributed by atoms with Crippen LogP contribution in [0.1, 0.15) is 10.1 Å². The van der Waals surface area contributed by atoms with Crippen LogP contribution in [0.15, 0.2) is 24.3 Å². The Balaban J connectivity index is 2.21. The summed E-state index contributed by atoms with van der Waals surface area (Å²) in [4.78, 5) is 0. The summed E-state index contributed by atoms with van der Waals surface area (Å²) >= 11 is 3.91. The molecule has 0 atom stereocenters. The van der Waals surface area contributed by atoms with Crippen LogP contribution in [-0.2, 0) is 0 Å². The summed E-state index contributed by atoms with van der Waals surface area (Å²) in [6, 6.07) is 7.56. The van der Waals surface area contributed by atoms with Crippen molar-refractivity contribution in [1.82, 2.24) is 0 Å². The molecule has 1 saturated heterocycles. The van der Waals surface area contributed by atoms with E-state index < -0.39 is 0 Å². The normalized spacial score (nSPS) is 18.3. The standard InChI is InChI=1S/C9H10OS2/c10-8-3-1-2-7(6-8)9-11-4-5-12-9/h1-3,6,9-10H,4-5H2. The van der Waals surface area contributed by atoms with Crippen LogP contribution in [0.3, 0.4) is 0 Å². The van der Waals surface area contributed by atoms with Gasteiger partial charge < -0.3 is 5.11 Å². The van der Waals surface area contributed by atoms with Gasteiger partial charge in [0.25, 0.3) is 0 Å². The van der Waals surface area contributed by atoms with Crippen molar-refractivity contribution in [2.24, 2.45) is 0 Å². The van der Waals surface area contributed by atoms with Crippen LogP contribution in [0.5, 0.6) is 5.75 Å². The third-order valence-electron chi connectivity index (χ3n) is 1.76. The Labute approximate surface area is 80.6 Å². The maximum absolute atomic E-state index is 9.25. The predicted molar refractivity (Wildman–Crippen MR) is 55.8 cm³/mol. The lowest BCUT2D eigenvalue weighted by molar-refractivity contribution is 0.475. The van der Waals surface area contributed by atoms with Crippen molar-refractivity contribution in [3.05, 3.63) is 29.8 Å². The zero-order valence-corrected chi connectivity index (χ0v) is 8.20. The van der Waals surface area contributed by atoms with Crippen molar-refractivity contribution < 1.29 is 5.11 Å². The van der Waals surface area contributed by atoms with Gasteiger partial charge in [0, 0.05) is 11.5 Å². The van der Waals surface area contributed by atoms with E-state index in [0.717, 1.165) is 0 Å². The van der Waals surface area contributed by atoms with Gasteiger partial charge in [0.1, 0.15) is 5.75 Å². The maximum Gasteiger partial charge on any atom is 0.115 e. The molecule has 64 valence electrons. The second-order valence-corrected chi connectivity index (χ2v) is 5.39. The van der Waals surface area contributed by atoms with Gasteiger partial charge in [-0.2, -0.15) is 0 Å². The molecule has 1 N–H and O–H groups in total. The largest absolute Gasteiger partial charge is 0.508 e. The molecule has 1 fully saturated rings. The van der Waals surface area contributed by atoms with Crippen LogP contribution in [0.2, 0.25) is 0 Å². The molecule has 12 heavy (non-hydrogen) atoms. The Kier molecular flexibility index (Phi) is 2.51. The van der Waals surface area contributed by atoms with Crippen LogP contribution in [0.4, 0.5) is 0 Å². The molecule has 1 aliphatic rings. The summed E-state index contributed by atoms with van der Waals surface area (Å²) in [5.41, 5.74) is 1.24. The van der Waals surface area contributed by atoms with Crippen molar-refractivity contribution >= 4 is 23.5 Å². The summed E-state index contributed by atoms with van der Waals surface area (Å²) in [5.74, 6) is 2.83. The molecule has 1 aromatic carbocycles. The Hall–Kier alpha value is -0.280. The summed E-state index contributed by atoms with van der Waals surface area (Å²) in [6.07, 6.45) is 0. The Morgan fingerprint density at radius 3 is 2.67 bits per heavy atom. The Morgan fingerprint density at radius 2 is 2.00 bits per heavy atom. The average molecular weight is 198 g/mol. The highest BCUT2D eigenvalue weighted by atomic mass is 32.2. The summed E-state index contributed by atoms with van der Waals surface area (Å²) in [7, 11) is 0. The molecule has 0 unspecified atom stereocenters. The van der Waals surface area contributed by atoms with E-state index in [1.807, 2.05) is 35.7 Å². The fourth-order valence-electron chi connectivity index (χ4n) is 1.22. The van der Waals surface area contributed by atoms with E-state index in [-0.39, 0.29) is 0 Å². The molecular weight excluding hydrogens is 188 g/mol. The van der Waals surface area contributed by atoms with Crippen LogP contribution >= 0.6 is 23.5 Å². The van der Waals surface area contributed by atoms with Crippen LogP contribution in [0.25, 0.3) is 0 Å².